The Balaban J connectivity index is 2.06. The van der Waals surface area contributed by atoms with Crippen LogP contribution in [0.5, 0.6) is 0 Å². The average molecular weight is 237 g/mol. The largest absolute Gasteiger partial charge is 0.448 e. The van der Waals surface area contributed by atoms with Crippen molar-refractivity contribution in [2.45, 2.75) is 0 Å². The summed E-state index contributed by atoms with van der Waals surface area (Å²) >= 11 is 0. The zero-order valence-corrected chi connectivity index (χ0v) is 8.84. The Morgan fingerprint density at radius 1 is 1.41 bits per heavy atom. The van der Waals surface area contributed by atoms with Gasteiger partial charge in [0, 0.05) is 6.54 Å². The van der Waals surface area contributed by atoms with E-state index in [-0.39, 0.29) is 6.61 Å². The SMILES string of the molecule is NC(=O)OCCNc1ccc(N)c2nonc12. The first-order chi connectivity index (χ1) is 8.18. The van der Waals surface area contributed by atoms with Gasteiger partial charge in [-0.15, -0.1) is 0 Å². The van der Waals surface area contributed by atoms with Crippen molar-refractivity contribution in [1.82, 2.24) is 10.3 Å². The average Bonchev–Trinajstić information content (AvgIpc) is 2.76. The number of hydrogen-bond donors (Lipinski definition) is 3. The van der Waals surface area contributed by atoms with Crippen LogP contribution in [0.1, 0.15) is 0 Å². The van der Waals surface area contributed by atoms with E-state index in [1.807, 2.05) is 0 Å². The number of anilines is 2. The number of carbonyl (C=O) groups is 1. The predicted octanol–water partition coefficient (Wildman–Crippen LogP) is 0.312. The summed E-state index contributed by atoms with van der Waals surface area (Å²) in [4.78, 5) is 10.3. The molecule has 1 heterocycles. The minimum absolute atomic E-state index is 0.159. The number of ether oxygens (including phenoxy) is 1. The Kier molecular flexibility index (Phi) is 2.95. The molecule has 1 amide bonds. The molecule has 0 saturated heterocycles. The molecule has 90 valence electrons. The van der Waals surface area contributed by atoms with E-state index < -0.39 is 6.09 Å². The molecule has 0 radical (unpaired) electrons. The van der Waals surface area contributed by atoms with Crippen molar-refractivity contribution in [3.63, 3.8) is 0 Å². The lowest BCUT2D eigenvalue weighted by Crippen LogP contribution is -2.18. The molecular weight excluding hydrogens is 226 g/mol. The zero-order valence-electron chi connectivity index (χ0n) is 8.84. The third kappa shape index (κ3) is 2.36. The molecular formula is C9H11N5O3. The lowest BCUT2D eigenvalue weighted by Gasteiger charge is -2.06. The van der Waals surface area contributed by atoms with Crippen LogP contribution in [0.2, 0.25) is 0 Å². The molecule has 0 atom stereocenters. The van der Waals surface area contributed by atoms with Gasteiger partial charge in [-0.3, -0.25) is 0 Å². The fraction of sp³-hybridized carbons (Fsp3) is 0.222. The van der Waals surface area contributed by atoms with Crippen molar-refractivity contribution < 1.29 is 14.2 Å². The van der Waals surface area contributed by atoms with Crippen molar-refractivity contribution in [1.29, 1.82) is 0 Å². The first-order valence-corrected chi connectivity index (χ1v) is 4.85. The van der Waals surface area contributed by atoms with Crippen LogP contribution in [-0.2, 0) is 4.74 Å². The molecule has 0 saturated carbocycles. The number of nitrogens with zero attached hydrogens (tertiary/aromatic N) is 2. The molecule has 0 aliphatic heterocycles. The van der Waals surface area contributed by atoms with E-state index in [0.717, 1.165) is 0 Å². The van der Waals surface area contributed by atoms with Crippen LogP contribution in [0, 0.1) is 0 Å². The number of hydrogen-bond acceptors (Lipinski definition) is 7. The van der Waals surface area contributed by atoms with Crippen LogP contribution < -0.4 is 16.8 Å². The van der Waals surface area contributed by atoms with Gasteiger partial charge in [-0.05, 0) is 22.4 Å². The number of carbonyl (C=O) groups excluding carboxylic acids is 1. The van der Waals surface area contributed by atoms with Crippen molar-refractivity contribution in [3.05, 3.63) is 12.1 Å². The van der Waals surface area contributed by atoms with E-state index >= 15 is 0 Å². The van der Waals surface area contributed by atoms with Crippen LogP contribution in [0.3, 0.4) is 0 Å². The van der Waals surface area contributed by atoms with Crippen LogP contribution in [0.25, 0.3) is 11.0 Å². The molecule has 2 rings (SSSR count). The molecule has 0 spiro atoms. The Labute approximate surface area is 95.8 Å². The second-order valence-electron chi connectivity index (χ2n) is 3.26. The molecule has 5 N–H and O–H groups in total. The molecule has 8 nitrogen and oxygen atoms in total. The quantitative estimate of drug-likeness (QED) is 0.515. The van der Waals surface area contributed by atoms with Gasteiger partial charge in [-0.2, -0.15) is 0 Å². The maximum Gasteiger partial charge on any atom is 0.404 e. The number of nitrogens with two attached hydrogens (primary N) is 2. The van der Waals surface area contributed by atoms with E-state index in [0.29, 0.717) is 29.0 Å². The third-order valence-corrected chi connectivity index (χ3v) is 2.11. The van der Waals surface area contributed by atoms with E-state index in [1.54, 1.807) is 12.1 Å². The first kappa shape index (κ1) is 11.0. The molecule has 0 bridgehead atoms. The molecule has 0 aliphatic rings. The first-order valence-electron chi connectivity index (χ1n) is 4.85. The number of nitrogens with one attached hydrogen (secondary N) is 1. The van der Waals surface area contributed by atoms with Gasteiger partial charge in [0.25, 0.3) is 0 Å². The summed E-state index contributed by atoms with van der Waals surface area (Å²) in [5.41, 5.74) is 12.7. The highest BCUT2D eigenvalue weighted by Gasteiger charge is 2.09. The Morgan fingerprint density at radius 3 is 2.94 bits per heavy atom. The number of amides is 1. The summed E-state index contributed by atoms with van der Waals surface area (Å²) in [6.07, 6.45) is -0.808. The highest BCUT2D eigenvalue weighted by atomic mass is 16.6. The number of rotatable bonds is 4. The number of aromatic nitrogens is 2. The van der Waals surface area contributed by atoms with Gasteiger partial charge in [0.15, 0.2) is 11.0 Å². The molecule has 1 aromatic heterocycles. The third-order valence-electron chi connectivity index (χ3n) is 2.11. The maximum absolute atomic E-state index is 10.3. The molecule has 2 aromatic rings. The molecule has 0 fully saturated rings. The summed E-state index contributed by atoms with van der Waals surface area (Å²) in [5, 5.41) is 10.4. The van der Waals surface area contributed by atoms with Gasteiger partial charge in [-0.1, -0.05) is 0 Å². The number of fused-ring (bicyclic) bond motifs is 1. The molecule has 0 unspecified atom stereocenters. The minimum atomic E-state index is -0.808. The Hall–Kier alpha value is -2.51. The predicted molar refractivity (Wildman–Crippen MR) is 60.2 cm³/mol. The summed E-state index contributed by atoms with van der Waals surface area (Å²) in [6.45, 7) is 0.557. The molecule has 8 heteroatoms. The minimum Gasteiger partial charge on any atom is -0.448 e. The zero-order chi connectivity index (χ0) is 12.3. The lowest BCUT2D eigenvalue weighted by molar-refractivity contribution is 0.161. The van der Waals surface area contributed by atoms with Crippen LogP contribution in [0.15, 0.2) is 16.8 Å². The van der Waals surface area contributed by atoms with Crippen LogP contribution in [0.4, 0.5) is 16.2 Å². The van der Waals surface area contributed by atoms with Crippen molar-refractivity contribution in [2.75, 3.05) is 24.2 Å². The summed E-state index contributed by atoms with van der Waals surface area (Å²) in [7, 11) is 0. The van der Waals surface area contributed by atoms with Gasteiger partial charge >= 0.3 is 6.09 Å². The Bertz CT molecular complexity index is 538. The second-order valence-corrected chi connectivity index (χ2v) is 3.26. The number of nitrogen functional groups attached to an aromatic ring is 1. The summed E-state index contributed by atoms with van der Waals surface area (Å²) in [6, 6.07) is 3.43. The lowest BCUT2D eigenvalue weighted by atomic mass is 10.2. The van der Waals surface area contributed by atoms with Gasteiger partial charge in [0.1, 0.15) is 6.61 Å². The second kappa shape index (κ2) is 4.56. The van der Waals surface area contributed by atoms with Gasteiger partial charge in [-0.25, -0.2) is 9.42 Å². The van der Waals surface area contributed by atoms with Crippen LogP contribution in [-0.4, -0.2) is 29.6 Å². The van der Waals surface area contributed by atoms with Crippen molar-refractivity contribution in [3.8, 4) is 0 Å². The highest BCUT2D eigenvalue weighted by Crippen LogP contribution is 2.24. The van der Waals surface area contributed by atoms with E-state index in [2.05, 4.69) is 25.0 Å². The molecule has 0 aliphatic carbocycles. The normalized spacial score (nSPS) is 10.4. The Morgan fingerprint density at radius 2 is 2.18 bits per heavy atom. The fourth-order valence-electron chi connectivity index (χ4n) is 1.37. The van der Waals surface area contributed by atoms with E-state index in [9.17, 15) is 4.79 Å². The van der Waals surface area contributed by atoms with Gasteiger partial charge < -0.3 is 21.5 Å². The van der Waals surface area contributed by atoms with Crippen LogP contribution >= 0.6 is 0 Å². The maximum atomic E-state index is 10.3. The monoisotopic (exact) mass is 237 g/mol. The number of primary amides is 1. The summed E-state index contributed by atoms with van der Waals surface area (Å²) < 4.78 is 9.18. The van der Waals surface area contributed by atoms with Crippen molar-refractivity contribution >= 4 is 28.5 Å². The summed E-state index contributed by atoms with van der Waals surface area (Å²) in [5.74, 6) is 0. The standard InChI is InChI=1S/C9H11N5O3/c10-5-1-2-6(8-7(5)13-17-14-8)12-3-4-16-9(11)15/h1-2,12H,3-4,10H2,(H2,11,15). The molecule has 17 heavy (non-hydrogen) atoms. The highest BCUT2D eigenvalue weighted by molar-refractivity contribution is 5.94. The van der Waals surface area contributed by atoms with Gasteiger partial charge in [0.05, 0.1) is 11.4 Å². The van der Waals surface area contributed by atoms with Gasteiger partial charge in [0.2, 0.25) is 0 Å². The van der Waals surface area contributed by atoms with E-state index in [1.165, 1.54) is 0 Å². The van der Waals surface area contributed by atoms with E-state index in [4.69, 9.17) is 11.5 Å². The molecule has 1 aromatic carbocycles. The number of benzene rings is 1. The fourth-order valence-corrected chi connectivity index (χ4v) is 1.37. The van der Waals surface area contributed by atoms with Crippen molar-refractivity contribution in [2.24, 2.45) is 5.73 Å². The smallest absolute Gasteiger partial charge is 0.404 e. The topological polar surface area (TPSA) is 129 Å².